The normalized spacial score (nSPS) is 11.4. The van der Waals surface area contributed by atoms with Crippen LogP contribution in [0.3, 0.4) is 0 Å². The summed E-state index contributed by atoms with van der Waals surface area (Å²) in [5, 5.41) is 8.92. The minimum Gasteiger partial charge on any atom is -0.265 e. The van der Waals surface area contributed by atoms with Gasteiger partial charge in [0.1, 0.15) is 0 Å². The first-order chi connectivity index (χ1) is 10.8. The van der Waals surface area contributed by atoms with Gasteiger partial charge in [-0.2, -0.15) is 10.2 Å². The second-order valence-corrected chi connectivity index (χ2v) is 5.39. The van der Waals surface area contributed by atoms with Crippen LogP contribution in [0.5, 0.6) is 0 Å². The molecule has 0 amide bonds. The molecular formula is C16H13N5S. The topological polar surface area (TPSA) is 66.9 Å². The van der Waals surface area contributed by atoms with Gasteiger partial charge in [0.25, 0.3) is 0 Å². The first-order valence-corrected chi connectivity index (χ1v) is 7.61. The molecule has 3 rings (SSSR count). The van der Waals surface area contributed by atoms with Crippen LogP contribution in [-0.2, 0) is 0 Å². The Morgan fingerprint density at radius 3 is 2.55 bits per heavy atom. The van der Waals surface area contributed by atoms with Crippen LogP contribution in [0.2, 0.25) is 0 Å². The average molecular weight is 307 g/mol. The largest absolute Gasteiger partial charge is 0.265 e. The molecule has 0 saturated carbocycles. The summed E-state index contributed by atoms with van der Waals surface area (Å²) in [5.74, 6) is 0.813. The molecule has 0 aliphatic carbocycles. The molecule has 0 aliphatic heterocycles. The highest BCUT2D eigenvalue weighted by Crippen LogP contribution is 2.22. The van der Waals surface area contributed by atoms with Crippen LogP contribution >= 0.6 is 11.5 Å². The van der Waals surface area contributed by atoms with E-state index in [4.69, 9.17) is 5.26 Å². The Morgan fingerprint density at radius 1 is 1.18 bits per heavy atom. The minimum atomic E-state index is 0.632. The second-order valence-electron chi connectivity index (χ2n) is 4.47. The van der Waals surface area contributed by atoms with Crippen LogP contribution < -0.4 is 4.80 Å². The molecule has 0 saturated heterocycles. The standard InChI is InChI=1S/C16H13N5S/c1-2-19-16-20-15(13-5-3-12(11-17)4-6-13)21(22-16)14-7-9-18-10-8-14/h3-10H,2H2,1H3. The summed E-state index contributed by atoms with van der Waals surface area (Å²) in [6.07, 6.45) is 3.50. The lowest BCUT2D eigenvalue weighted by atomic mass is 10.1. The Hall–Kier alpha value is -2.78. The molecule has 2 heterocycles. The number of aromatic nitrogens is 3. The van der Waals surface area contributed by atoms with Crippen molar-refractivity contribution >= 4 is 11.5 Å². The zero-order valence-corrected chi connectivity index (χ0v) is 12.8. The van der Waals surface area contributed by atoms with E-state index in [1.807, 2.05) is 35.1 Å². The lowest BCUT2D eigenvalue weighted by molar-refractivity contribution is 1.03. The van der Waals surface area contributed by atoms with E-state index in [0.29, 0.717) is 12.1 Å². The van der Waals surface area contributed by atoms with Gasteiger partial charge < -0.3 is 0 Å². The molecule has 0 N–H and O–H groups in total. The fourth-order valence-electron chi connectivity index (χ4n) is 2.01. The molecule has 0 fully saturated rings. The second kappa shape index (κ2) is 6.33. The fraction of sp³-hybridized carbons (Fsp3) is 0.125. The summed E-state index contributed by atoms with van der Waals surface area (Å²) in [7, 11) is 0. The molecule has 108 valence electrons. The molecule has 3 aromatic rings. The van der Waals surface area contributed by atoms with E-state index < -0.39 is 0 Å². The first-order valence-electron chi connectivity index (χ1n) is 6.83. The lowest BCUT2D eigenvalue weighted by Gasteiger charge is -2.05. The van der Waals surface area contributed by atoms with Gasteiger partial charge in [-0.1, -0.05) is 0 Å². The summed E-state index contributed by atoms with van der Waals surface area (Å²) in [4.78, 5) is 13.8. The van der Waals surface area contributed by atoms with E-state index in [1.54, 1.807) is 24.5 Å². The summed E-state index contributed by atoms with van der Waals surface area (Å²) in [6.45, 7) is 2.68. The Bertz CT molecular complexity index is 869. The Kier molecular flexibility index (Phi) is 4.08. The van der Waals surface area contributed by atoms with Crippen molar-refractivity contribution in [2.24, 2.45) is 4.99 Å². The van der Waals surface area contributed by atoms with Gasteiger partial charge >= 0.3 is 0 Å². The quantitative estimate of drug-likeness (QED) is 0.747. The predicted octanol–water partition coefficient (Wildman–Crippen LogP) is 2.79. The maximum absolute atomic E-state index is 8.92. The van der Waals surface area contributed by atoms with Crippen molar-refractivity contribution in [2.45, 2.75) is 6.92 Å². The Morgan fingerprint density at radius 2 is 1.91 bits per heavy atom. The molecule has 22 heavy (non-hydrogen) atoms. The van der Waals surface area contributed by atoms with Crippen molar-refractivity contribution in [3.05, 3.63) is 59.2 Å². The average Bonchev–Trinajstić information content (AvgIpc) is 3.00. The molecule has 0 aliphatic rings. The van der Waals surface area contributed by atoms with Crippen LogP contribution in [0, 0.1) is 11.3 Å². The molecular weight excluding hydrogens is 294 g/mol. The maximum Gasteiger partial charge on any atom is 0.223 e. The zero-order valence-electron chi connectivity index (χ0n) is 12.0. The smallest absolute Gasteiger partial charge is 0.223 e. The van der Waals surface area contributed by atoms with E-state index in [2.05, 4.69) is 21.0 Å². The van der Waals surface area contributed by atoms with Crippen molar-refractivity contribution in [1.29, 1.82) is 5.26 Å². The van der Waals surface area contributed by atoms with E-state index in [0.717, 1.165) is 21.9 Å². The van der Waals surface area contributed by atoms with Crippen LogP contribution in [0.25, 0.3) is 17.1 Å². The van der Waals surface area contributed by atoms with Gasteiger partial charge in [0.2, 0.25) is 4.80 Å². The molecule has 2 aromatic heterocycles. The van der Waals surface area contributed by atoms with Gasteiger partial charge in [-0.05, 0) is 54.9 Å². The third-order valence-corrected chi connectivity index (χ3v) is 3.98. The lowest BCUT2D eigenvalue weighted by Crippen LogP contribution is -1.98. The summed E-state index contributed by atoms with van der Waals surface area (Å²) in [6, 6.07) is 13.4. The molecule has 5 nitrogen and oxygen atoms in total. The van der Waals surface area contributed by atoms with E-state index in [-0.39, 0.29) is 0 Å². The zero-order chi connectivity index (χ0) is 15.4. The third-order valence-electron chi connectivity index (χ3n) is 3.03. The number of benzene rings is 1. The number of rotatable bonds is 3. The summed E-state index contributed by atoms with van der Waals surface area (Å²) < 4.78 is 2.03. The maximum atomic E-state index is 8.92. The van der Waals surface area contributed by atoms with Crippen molar-refractivity contribution < 1.29 is 0 Å². The molecule has 6 heteroatoms. The third kappa shape index (κ3) is 2.80. The molecule has 0 bridgehead atoms. The van der Waals surface area contributed by atoms with Crippen molar-refractivity contribution in [1.82, 2.24) is 13.9 Å². The molecule has 0 spiro atoms. The van der Waals surface area contributed by atoms with Crippen LogP contribution in [-0.4, -0.2) is 20.5 Å². The highest BCUT2D eigenvalue weighted by atomic mass is 32.1. The van der Waals surface area contributed by atoms with Crippen molar-refractivity contribution in [3.63, 3.8) is 0 Å². The van der Waals surface area contributed by atoms with Gasteiger partial charge in [0.05, 0.1) is 17.3 Å². The van der Waals surface area contributed by atoms with Gasteiger partial charge in [-0.3, -0.25) is 9.98 Å². The predicted molar refractivity (Wildman–Crippen MR) is 85.5 cm³/mol. The van der Waals surface area contributed by atoms with Gasteiger partial charge in [-0.15, -0.1) is 0 Å². The van der Waals surface area contributed by atoms with Crippen LogP contribution in [0.1, 0.15) is 12.5 Å². The van der Waals surface area contributed by atoms with Gasteiger partial charge in [0, 0.05) is 24.5 Å². The molecule has 0 radical (unpaired) electrons. The highest BCUT2D eigenvalue weighted by molar-refractivity contribution is 7.04. The first kappa shape index (κ1) is 14.2. The SMILES string of the molecule is CCN=c1nc(-c2ccc(C#N)cc2)n(-c2ccncc2)s1. The number of nitriles is 1. The minimum absolute atomic E-state index is 0.632. The fourth-order valence-corrected chi connectivity index (χ4v) is 2.95. The van der Waals surface area contributed by atoms with E-state index >= 15 is 0 Å². The van der Waals surface area contributed by atoms with Crippen molar-refractivity contribution in [3.8, 4) is 23.1 Å². The van der Waals surface area contributed by atoms with Crippen molar-refractivity contribution in [2.75, 3.05) is 6.54 Å². The van der Waals surface area contributed by atoms with Gasteiger partial charge in [-0.25, -0.2) is 3.96 Å². The summed E-state index contributed by atoms with van der Waals surface area (Å²) in [5.41, 5.74) is 2.57. The van der Waals surface area contributed by atoms with E-state index in [9.17, 15) is 0 Å². The number of hydrogen-bond donors (Lipinski definition) is 0. The molecule has 0 atom stereocenters. The Balaban J connectivity index is 2.17. The highest BCUT2D eigenvalue weighted by Gasteiger charge is 2.10. The van der Waals surface area contributed by atoms with Crippen LogP contribution in [0.4, 0.5) is 0 Å². The van der Waals surface area contributed by atoms with E-state index in [1.165, 1.54) is 11.5 Å². The number of pyridine rings is 1. The van der Waals surface area contributed by atoms with Gasteiger partial charge in [0.15, 0.2) is 5.82 Å². The molecule has 0 unspecified atom stereocenters. The Labute approximate surface area is 132 Å². The molecule has 1 aromatic carbocycles. The number of hydrogen-bond acceptors (Lipinski definition) is 5. The summed E-state index contributed by atoms with van der Waals surface area (Å²) >= 11 is 1.49. The van der Waals surface area contributed by atoms with Crippen LogP contribution in [0.15, 0.2) is 53.8 Å². The monoisotopic (exact) mass is 307 g/mol. The number of nitrogens with zero attached hydrogens (tertiary/aromatic N) is 5.